The molecule has 1 aliphatic heterocycles. The molecule has 2 heteroatoms. The predicted octanol–water partition coefficient (Wildman–Crippen LogP) is 2.61. The number of rotatable bonds is 2. The van der Waals surface area contributed by atoms with Crippen molar-refractivity contribution in [3.8, 4) is 0 Å². The zero-order valence-corrected chi connectivity index (χ0v) is 9.45. The van der Waals surface area contributed by atoms with E-state index < -0.39 is 0 Å². The normalized spacial score (nSPS) is 32.9. The topological polar surface area (TPSA) is 12.0 Å². The molecule has 1 aromatic rings. The minimum Gasteiger partial charge on any atom is -0.316 e. The Labute approximate surface area is 96.1 Å². The van der Waals surface area contributed by atoms with Crippen molar-refractivity contribution in [2.75, 3.05) is 13.1 Å². The molecule has 0 spiro atoms. The zero-order valence-electron chi connectivity index (χ0n) is 9.45. The van der Waals surface area contributed by atoms with E-state index in [1.165, 1.54) is 31.5 Å². The summed E-state index contributed by atoms with van der Waals surface area (Å²) in [4.78, 5) is 0. The summed E-state index contributed by atoms with van der Waals surface area (Å²) in [5.74, 6) is 2.40. The van der Waals surface area contributed by atoms with Crippen LogP contribution in [0.15, 0.2) is 24.3 Å². The number of nitrogens with one attached hydrogen (secondary N) is 1. The smallest absolute Gasteiger partial charge is 0.123 e. The van der Waals surface area contributed by atoms with Gasteiger partial charge in [-0.05, 0) is 67.8 Å². The molecule has 1 aliphatic carbocycles. The SMILES string of the molecule is Fc1ccc(CC2C3CCC2CNC3)cc1. The summed E-state index contributed by atoms with van der Waals surface area (Å²) in [6.45, 7) is 2.37. The lowest BCUT2D eigenvalue weighted by Gasteiger charge is -2.30. The molecule has 1 heterocycles. The molecule has 0 radical (unpaired) electrons. The van der Waals surface area contributed by atoms with E-state index >= 15 is 0 Å². The van der Waals surface area contributed by atoms with Gasteiger partial charge in [-0.2, -0.15) is 0 Å². The van der Waals surface area contributed by atoms with Crippen LogP contribution in [-0.4, -0.2) is 13.1 Å². The number of fused-ring (bicyclic) bond motifs is 2. The van der Waals surface area contributed by atoms with Crippen molar-refractivity contribution in [2.24, 2.45) is 17.8 Å². The van der Waals surface area contributed by atoms with Crippen molar-refractivity contribution in [3.63, 3.8) is 0 Å². The number of piperidine rings is 1. The molecule has 16 heavy (non-hydrogen) atoms. The summed E-state index contributed by atoms with van der Waals surface area (Å²) in [5.41, 5.74) is 1.30. The van der Waals surface area contributed by atoms with E-state index in [0.717, 1.165) is 24.2 Å². The molecular weight excluding hydrogens is 201 g/mol. The van der Waals surface area contributed by atoms with Gasteiger partial charge in [-0.25, -0.2) is 4.39 Å². The third-order valence-electron chi connectivity index (χ3n) is 4.32. The molecule has 0 aromatic heterocycles. The van der Waals surface area contributed by atoms with Gasteiger partial charge in [0.1, 0.15) is 5.82 Å². The molecule has 2 fully saturated rings. The van der Waals surface area contributed by atoms with Crippen LogP contribution in [0.5, 0.6) is 0 Å². The first kappa shape index (κ1) is 10.3. The van der Waals surface area contributed by atoms with Crippen LogP contribution in [0.3, 0.4) is 0 Å². The van der Waals surface area contributed by atoms with Gasteiger partial charge in [0.25, 0.3) is 0 Å². The van der Waals surface area contributed by atoms with Gasteiger partial charge in [0.15, 0.2) is 0 Å². The van der Waals surface area contributed by atoms with E-state index in [4.69, 9.17) is 0 Å². The van der Waals surface area contributed by atoms with Gasteiger partial charge in [-0.15, -0.1) is 0 Å². The largest absolute Gasteiger partial charge is 0.316 e. The van der Waals surface area contributed by atoms with Crippen molar-refractivity contribution in [1.82, 2.24) is 5.32 Å². The fraction of sp³-hybridized carbons (Fsp3) is 0.571. The average molecular weight is 219 g/mol. The Morgan fingerprint density at radius 2 is 1.69 bits per heavy atom. The molecule has 86 valence electrons. The maximum absolute atomic E-state index is 12.8. The first-order chi connectivity index (χ1) is 7.83. The summed E-state index contributed by atoms with van der Waals surface area (Å²) in [6, 6.07) is 7.05. The highest BCUT2D eigenvalue weighted by atomic mass is 19.1. The number of hydrogen-bond donors (Lipinski definition) is 1. The van der Waals surface area contributed by atoms with E-state index in [1.807, 2.05) is 12.1 Å². The standard InChI is InChI=1S/C14H18FN/c15-13-5-1-10(2-6-13)7-14-11-3-4-12(14)9-16-8-11/h1-2,5-6,11-12,14,16H,3-4,7-9H2. The van der Waals surface area contributed by atoms with Gasteiger partial charge in [0, 0.05) is 0 Å². The van der Waals surface area contributed by atoms with Gasteiger partial charge in [-0.1, -0.05) is 12.1 Å². The van der Waals surface area contributed by atoms with Gasteiger partial charge >= 0.3 is 0 Å². The number of benzene rings is 1. The highest BCUT2D eigenvalue weighted by Crippen LogP contribution is 2.40. The Kier molecular flexibility index (Phi) is 2.68. The van der Waals surface area contributed by atoms with Gasteiger partial charge in [0.05, 0.1) is 0 Å². The summed E-state index contributed by atoms with van der Waals surface area (Å²) in [5, 5.41) is 3.51. The second-order valence-electron chi connectivity index (χ2n) is 5.25. The molecule has 1 saturated carbocycles. The van der Waals surface area contributed by atoms with Crippen LogP contribution in [-0.2, 0) is 6.42 Å². The third kappa shape index (κ3) is 1.86. The number of hydrogen-bond acceptors (Lipinski definition) is 1. The summed E-state index contributed by atoms with van der Waals surface area (Å²) in [6.07, 6.45) is 3.89. The zero-order chi connectivity index (χ0) is 11.0. The van der Waals surface area contributed by atoms with E-state index in [9.17, 15) is 4.39 Å². The molecule has 1 aromatic carbocycles. The second-order valence-corrected chi connectivity index (χ2v) is 5.25. The molecule has 1 saturated heterocycles. The van der Waals surface area contributed by atoms with E-state index in [2.05, 4.69) is 5.32 Å². The van der Waals surface area contributed by atoms with Crippen LogP contribution >= 0.6 is 0 Å². The van der Waals surface area contributed by atoms with Crippen molar-refractivity contribution >= 4 is 0 Å². The van der Waals surface area contributed by atoms with Crippen molar-refractivity contribution in [1.29, 1.82) is 0 Å². The van der Waals surface area contributed by atoms with Crippen LogP contribution in [0.1, 0.15) is 18.4 Å². The monoisotopic (exact) mass is 219 g/mol. The highest BCUT2D eigenvalue weighted by molar-refractivity contribution is 5.17. The molecule has 2 bridgehead atoms. The van der Waals surface area contributed by atoms with Crippen molar-refractivity contribution < 1.29 is 4.39 Å². The minimum absolute atomic E-state index is 0.128. The van der Waals surface area contributed by atoms with Gasteiger partial charge in [-0.3, -0.25) is 0 Å². The second kappa shape index (κ2) is 4.17. The third-order valence-corrected chi connectivity index (χ3v) is 4.32. The van der Waals surface area contributed by atoms with E-state index in [1.54, 1.807) is 12.1 Å². The Morgan fingerprint density at radius 1 is 1.06 bits per heavy atom. The van der Waals surface area contributed by atoms with Crippen LogP contribution < -0.4 is 5.32 Å². The molecule has 2 atom stereocenters. The lowest BCUT2D eigenvalue weighted by Crippen LogP contribution is -2.38. The lowest BCUT2D eigenvalue weighted by molar-refractivity contribution is 0.244. The maximum atomic E-state index is 12.8. The minimum atomic E-state index is -0.128. The average Bonchev–Trinajstić information content (AvgIpc) is 2.52. The van der Waals surface area contributed by atoms with Gasteiger partial charge < -0.3 is 5.32 Å². The fourth-order valence-electron chi connectivity index (χ4n) is 3.43. The molecule has 2 aliphatic rings. The molecule has 1 nitrogen and oxygen atoms in total. The highest BCUT2D eigenvalue weighted by Gasteiger charge is 2.38. The Hall–Kier alpha value is -0.890. The van der Waals surface area contributed by atoms with Gasteiger partial charge in [0.2, 0.25) is 0 Å². The predicted molar refractivity (Wildman–Crippen MR) is 62.7 cm³/mol. The Balaban J connectivity index is 1.72. The van der Waals surface area contributed by atoms with Crippen LogP contribution in [0.2, 0.25) is 0 Å². The summed E-state index contributed by atoms with van der Waals surface area (Å²) in [7, 11) is 0. The fourth-order valence-corrected chi connectivity index (χ4v) is 3.43. The summed E-state index contributed by atoms with van der Waals surface area (Å²) < 4.78 is 12.8. The molecule has 2 unspecified atom stereocenters. The molecular formula is C14H18FN. The van der Waals surface area contributed by atoms with Crippen LogP contribution in [0, 0.1) is 23.6 Å². The Morgan fingerprint density at radius 3 is 2.31 bits per heavy atom. The van der Waals surface area contributed by atoms with Crippen LogP contribution in [0.25, 0.3) is 0 Å². The molecule has 0 amide bonds. The Bertz CT molecular complexity index is 344. The quantitative estimate of drug-likeness (QED) is 0.806. The van der Waals surface area contributed by atoms with Crippen LogP contribution in [0.4, 0.5) is 4.39 Å². The van der Waals surface area contributed by atoms with Crippen molar-refractivity contribution in [3.05, 3.63) is 35.6 Å². The maximum Gasteiger partial charge on any atom is 0.123 e. The van der Waals surface area contributed by atoms with Crippen molar-refractivity contribution in [2.45, 2.75) is 19.3 Å². The first-order valence-electron chi connectivity index (χ1n) is 6.28. The van der Waals surface area contributed by atoms with E-state index in [-0.39, 0.29) is 5.82 Å². The summed E-state index contributed by atoms with van der Waals surface area (Å²) >= 11 is 0. The molecule has 3 rings (SSSR count). The number of halogens is 1. The van der Waals surface area contributed by atoms with E-state index in [0.29, 0.717) is 0 Å². The first-order valence-corrected chi connectivity index (χ1v) is 6.28. The lowest BCUT2D eigenvalue weighted by atomic mass is 9.81. The molecule has 1 N–H and O–H groups in total.